The van der Waals surface area contributed by atoms with E-state index in [0.717, 1.165) is 36.9 Å². The van der Waals surface area contributed by atoms with Crippen LogP contribution in [0.1, 0.15) is 81.1 Å². The van der Waals surface area contributed by atoms with E-state index >= 15 is 0 Å². The van der Waals surface area contributed by atoms with Crippen LogP contribution in [0.4, 0.5) is 0 Å². The third-order valence-electron chi connectivity index (χ3n) is 6.31. The zero-order chi connectivity index (χ0) is 18.3. The van der Waals surface area contributed by atoms with Gasteiger partial charge in [0.05, 0.1) is 6.04 Å². The molecule has 1 saturated carbocycles. The number of hydrogen-bond donors (Lipinski definition) is 0. The van der Waals surface area contributed by atoms with Crippen LogP contribution < -0.4 is 0 Å². The van der Waals surface area contributed by atoms with Gasteiger partial charge in [-0.05, 0) is 56.6 Å². The minimum Gasteiger partial charge on any atom is -0.338 e. The molecule has 1 aliphatic heterocycles. The van der Waals surface area contributed by atoms with Crippen LogP contribution in [0.2, 0.25) is 0 Å². The van der Waals surface area contributed by atoms with Crippen LogP contribution in [0.5, 0.6) is 0 Å². The standard InChI is InChI=1S/C23H33N3O/c1-3-10-19(11-4-1)14-9-16-22-24-23(27-25-22)21-15-7-8-17-26(21)18-20-12-5-2-6-13-20/h1,3-4,10-11,20-21H,2,5-9,12-18H2. The highest BCUT2D eigenvalue weighted by atomic mass is 16.5. The molecule has 0 spiro atoms. The van der Waals surface area contributed by atoms with Gasteiger partial charge in [0.15, 0.2) is 5.82 Å². The third kappa shape index (κ3) is 5.19. The van der Waals surface area contributed by atoms with Crippen LogP contribution in [0, 0.1) is 5.92 Å². The van der Waals surface area contributed by atoms with Crippen LogP contribution >= 0.6 is 0 Å². The zero-order valence-corrected chi connectivity index (χ0v) is 16.5. The van der Waals surface area contributed by atoms with Gasteiger partial charge in [0.2, 0.25) is 5.89 Å². The number of rotatable bonds is 7. The first kappa shape index (κ1) is 18.7. The minimum absolute atomic E-state index is 0.344. The van der Waals surface area contributed by atoms with E-state index in [9.17, 15) is 0 Å². The van der Waals surface area contributed by atoms with E-state index in [1.54, 1.807) is 0 Å². The lowest BCUT2D eigenvalue weighted by Crippen LogP contribution is -2.37. The Hall–Kier alpha value is -1.68. The second kappa shape index (κ2) is 9.50. The van der Waals surface area contributed by atoms with Crippen molar-refractivity contribution in [2.45, 2.75) is 76.7 Å². The maximum Gasteiger partial charge on any atom is 0.243 e. The van der Waals surface area contributed by atoms with E-state index in [1.807, 2.05) is 0 Å². The first-order valence-corrected chi connectivity index (χ1v) is 11.0. The number of hydrogen-bond acceptors (Lipinski definition) is 4. The topological polar surface area (TPSA) is 42.2 Å². The SMILES string of the molecule is c1ccc(CCCc2noc(C3CCCCN3CC3CCCCC3)n2)cc1. The first-order chi connectivity index (χ1) is 13.4. The number of likely N-dealkylation sites (tertiary alicyclic amines) is 1. The van der Waals surface area contributed by atoms with Crippen LogP contribution in [-0.2, 0) is 12.8 Å². The number of piperidine rings is 1. The summed E-state index contributed by atoms with van der Waals surface area (Å²) in [6, 6.07) is 11.0. The van der Waals surface area contributed by atoms with Crippen molar-refractivity contribution in [3.63, 3.8) is 0 Å². The summed E-state index contributed by atoms with van der Waals surface area (Å²) in [6.45, 7) is 2.41. The Morgan fingerprint density at radius 2 is 1.74 bits per heavy atom. The van der Waals surface area contributed by atoms with Gasteiger partial charge in [0.25, 0.3) is 0 Å². The molecule has 1 saturated heterocycles. The number of aromatic nitrogens is 2. The van der Waals surface area contributed by atoms with Crippen molar-refractivity contribution in [2.75, 3.05) is 13.1 Å². The normalized spacial score (nSPS) is 22.1. The molecule has 2 aliphatic rings. The van der Waals surface area contributed by atoms with Gasteiger partial charge in [-0.25, -0.2) is 0 Å². The molecule has 2 fully saturated rings. The fourth-order valence-electron chi connectivity index (χ4n) is 4.79. The molecule has 4 nitrogen and oxygen atoms in total. The lowest BCUT2D eigenvalue weighted by atomic mass is 9.88. The van der Waals surface area contributed by atoms with Crippen LogP contribution in [-0.4, -0.2) is 28.1 Å². The summed E-state index contributed by atoms with van der Waals surface area (Å²) in [4.78, 5) is 7.43. The minimum atomic E-state index is 0.344. The molecule has 1 unspecified atom stereocenters. The zero-order valence-electron chi connectivity index (χ0n) is 16.5. The fourth-order valence-corrected chi connectivity index (χ4v) is 4.79. The van der Waals surface area contributed by atoms with Gasteiger partial charge in [-0.3, -0.25) is 4.90 Å². The molecule has 0 radical (unpaired) electrons. The molecule has 1 aromatic heterocycles. The first-order valence-electron chi connectivity index (χ1n) is 11.0. The monoisotopic (exact) mass is 367 g/mol. The highest BCUT2D eigenvalue weighted by Crippen LogP contribution is 2.33. The van der Waals surface area contributed by atoms with Crippen molar-refractivity contribution >= 4 is 0 Å². The van der Waals surface area contributed by atoms with Gasteiger partial charge >= 0.3 is 0 Å². The molecule has 0 N–H and O–H groups in total. The number of aryl methyl sites for hydroxylation is 2. The largest absolute Gasteiger partial charge is 0.338 e. The maximum absolute atomic E-state index is 5.72. The van der Waals surface area contributed by atoms with Gasteiger partial charge in [0.1, 0.15) is 0 Å². The molecule has 1 aliphatic carbocycles. The predicted octanol–water partition coefficient (Wildman–Crippen LogP) is 5.35. The summed E-state index contributed by atoms with van der Waals surface area (Å²) in [5, 5.41) is 4.29. The lowest BCUT2D eigenvalue weighted by Gasteiger charge is -2.36. The van der Waals surface area contributed by atoms with Gasteiger partial charge in [-0.1, -0.05) is 61.2 Å². The Labute approximate surface area is 163 Å². The Bertz CT molecular complexity index is 678. The third-order valence-corrected chi connectivity index (χ3v) is 6.31. The second-order valence-electron chi connectivity index (χ2n) is 8.40. The van der Waals surface area contributed by atoms with Gasteiger partial charge in [0, 0.05) is 13.0 Å². The van der Waals surface area contributed by atoms with E-state index in [2.05, 4.69) is 40.4 Å². The molecule has 4 rings (SSSR count). The second-order valence-corrected chi connectivity index (χ2v) is 8.40. The highest BCUT2D eigenvalue weighted by Gasteiger charge is 2.30. The molecule has 0 amide bonds. The summed E-state index contributed by atoms with van der Waals surface area (Å²) in [5.74, 6) is 2.61. The molecule has 146 valence electrons. The van der Waals surface area contributed by atoms with Crippen LogP contribution in [0.15, 0.2) is 34.9 Å². The van der Waals surface area contributed by atoms with Crippen molar-refractivity contribution < 1.29 is 4.52 Å². The van der Waals surface area contributed by atoms with Gasteiger partial charge in [-0.15, -0.1) is 0 Å². The molecule has 2 aromatic rings. The fraction of sp³-hybridized carbons (Fsp3) is 0.652. The average molecular weight is 368 g/mol. The van der Waals surface area contributed by atoms with E-state index in [1.165, 1.54) is 70.0 Å². The summed E-state index contributed by atoms with van der Waals surface area (Å²) >= 11 is 0. The number of nitrogens with zero attached hydrogens (tertiary/aromatic N) is 3. The molecular weight excluding hydrogens is 334 g/mol. The van der Waals surface area contributed by atoms with E-state index in [4.69, 9.17) is 9.51 Å². The van der Waals surface area contributed by atoms with Crippen LogP contribution in [0.25, 0.3) is 0 Å². The van der Waals surface area contributed by atoms with Crippen molar-refractivity contribution in [1.82, 2.24) is 15.0 Å². The molecule has 0 bridgehead atoms. The molecule has 1 atom stereocenters. The molecule has 4 heteroatoms. The van der Waals surface area contributed by atoms with Crippen molar-refractivity contribution in [3.05, 3.63) is 47.6 Å². The Morgan fingerprint density at radius 3 is 2.59 bits per heavy atom. The summed E-state index contributed by atoms with van der Waals surface area (Å²) in [7, 11) is 0. The van der Waals surface area contributed by atoms with E-state index in [0.29, 0.717) is 6.04 Å². The summed E-state index contributed by atoms with van der Waals surface area (Å²) in [6.07, 6.45) is 13.8. The number of benzene rings is 1. The average Bonchev–Trinajstić information content (AvgIpc) is 3.19. The molecule has 1 aromatic carbocycles. The van der Waals surface area contributed by atoms with E-state index < -0.39 is 0 Å². The molecular formula is C23H33N3O. The lowest BCUT2D eigenvalue weighted by molar-refractivity contribution is 0.0908. The Morgan fingerprint density at radius 1 is 0.926 bits per heavy atom. The van der Waals surface area contributed by atoms with Crippen molar-refractivity contribution in [2.24, 2.45) is 5.92 Å². The van der Waals surface area contributed by atoms with Crippen molar-refractivity contribution in [1.29, 1.82) is 0 Å². The Balaban J connectivity index is 1.32. The smallest absolute Gasteiger partial charge is 0.243 e. The van der Waals surface area contributed by atoms with Crippen molar-refractivity contribution in [3.8, 4) is 0 Å². The summed E-state index contributed by atoms with van der Waals surface area (Å²) in [5.41, 5.74) is 1.38. The van der Waals surface area contributed by atoms with Crippen LogP contribution in [0.3, 0.4) is 0 Å². The summed E-state index contributed by atoms with van der Waals surface area (Å²) < 4.78 is 5.72. The highest BCUT2D eigenvalue weighted by molar-refractivity contribution is 5.14. The predicted molar refractivity (Wildman–Crippen MR) is 108 cm³/mol. The van der Waals surface area contributed by atoms with Gasteiger partial charge < -0.3 is 4.52 Å². The van der Waals surface area contributed by atoms with Gasteiger partial charge in [-0.2, -0.15) is 4.98 Å². The molecule has 27 heavy (non-hydrogen) atoms. The maximum atomic E-state index is 5.72. The Kier molecular flexibility index (Phi) is 6.57. The van der Waals surface area contributed by atoms with E-state index in [-0.39, 0.29) is 0 Å². The molecule has 2 heterocycles. The quantitative estimate of drug-likeness (QED) is 0.661.